The van der Waals surface area contributed by atoms with Crippen molar-refractivity contribution in [3.8, 4) is 16.9 Å². The lowest BCUT2D eigenvalue weighted by Crippen LogP contribution is -2.05. The van der Waals surface area contributed by atoms with E-state index in [-0.39, 0.29) is 0 Å². The quantitative estimate of drug-likeness (QED) is 0.435. The third-order valence-corrected chi connectivity index (χ3v) is 3.73. The summed E-state index contributed by atoms with van der Waals surface area (Å²) in [6, 6.07) is 25.6. The Hall–Kier alpha value is -3.07. The van der Waals surface area contributed by atoms with E-state index in [2.05, 4.69) is 17.3 Å². The second-order valence-electron chi connectivity index (χ2n) is 5.09. The zero-order valence-corrected chi connectivity index (χ0v) is 12.8. The van der Waals surface area contributed by atoms with Crippen LogP contribution in [0.25, 0.3) is 11.1 Å². The average molecular weight is 303 g/mol. The number of benzene rings is 3. The number of para-hydroxylation sites is 1. The second kappa shape index (κ2) is 6.79. The molecule has 0 saturated carbocycles. The van der Waals surface area contributed by atoms with Gasteiger partial charge in [0.25, 0.3) is 0 Å². The van der Waals surface area contributed by atoms with Crippen LogP contribution in [0.15, 0.2) is 84.0 Å². The largest absolute Gasteiger partial charge is 0.496 e. The lowest BCUT2D eigenvalue weighted by atomic mass is 9.98. The third-order valence-electron chi connectivity index (χ3n) is 3.73. The Balaban J connectivity index is 1.97. The second-order valence-corrected chi connectivity index (χ2v) is 5.09. The minimum atomic E-state index is 0.488. The number of hydrogen-bond acceptors (Lipinski definition) is 3. The maximum atomic E-state index is 9.47. The highest BCUT2D eigenvalue weighted by molar-refractivity contribution is 6.14. The van der Waals surface area contributed by atoms with Crippen LogP contribution >= 0.6 is 0 Å². The maximum Gasteiger partial charge on any atom is 0.128 e. The Bertz CT molecular complexity index is 809. The molecule has 0 aliphatic rings. The van der Waals surface area contributed by atoms with Crippen molar-refractivity contribution in [2.75, 3.05) is 7.11 Å². The van der Waals surface area contributed by atoms with Gasteiger partial charge < -0.3 is 9.94 Å². The fourth-order valence-electron chi connectivity index (χ4n) is 2.56. The average Bonchev–Trinajstić information content (AvgIpc) is 2.64. The molecule has 0 heterocycles. The van der Waals surface area contributed by atoms with Crippen LogP contribution in [-0.4, -0.2) is 18.0 Å². The van der Waals surface area contributed by atoms with Gasteiger partial charge in [-0.05, 0) is 23.3 Å². The zero-order chi connectivity index (χ0) is 16.1. The summed E-state index contributed by atoms with van der Waals surface area (Å²) in [6.45, 7) is 0. The highest BCUT2D eigenvalue weighted by Crippen LogP contribution is 2.24. The van der Waals surface area contributed by atoms with Crippen LogP contribution in [0.5, 0.6) is 5.75 Å². The fourth-order valence-corrected chi connectivity index (χ4v) is 2.56. The molecule has 3 nitrogen and oxygen atoms in total. The molecule has 23 heavy (non-hydrogen) atoms. The number of ether oxygens (including phenoxy) is 1. The van der Waals surface area contributed by atoms with Crippen molar-refractivity contribution in [2.45, 2.75) is 0 Å². The summed E-state index contributed by atoms with van der Waals surface area (Å²) in [4.78, 5) is 0. The van der Waals surface area contributed by atoms with Crippen LogP contribution in [0.2, 0.25) is 0 Å². The van der Waals surface area contributed by atoms with Crippen LogP contribution in [0.4, 0.5) is 0 Å². The summed E-state index contributed by atoms with van der Waals surface area (Å²) < 4.78 is 5.35. The van der Waals surface area contributed by atoms with Crippen molar-refractivity contribution in [2.24, 2.45) is 5.16 Å². The molecule has 114 valence electrons. The van der Waals surface area contributed by atoms with E-state index in [0.29, 0.717) is 11.5 Å². The number of oxime groups is 1. The first-order valence-electron chi connectivity index (χ1n) is 7.35. The predicted octanol–water partition coefficient (Wildman–Crippen LogP) is 4.59. The molecule has 0 fully saturated rings. The smallest absolute Gasteiger partial charge is 0.128 e. The van der Waals surface area contributed by atoms with Crippen molar-refractivity contribution >= 4 is 5.71 Å². The van der Waals surface area contributed by atoms with Gasteiger partial charge in [-0.2, -0.15) is 0 Å². The fraction of sp³-hybridized carbons (Fsp3) is 0.0500. The van der Waals surface area contributed by atoms with E-state index in [9.17, 15) is 5.21 Å². The molecule has 0 aromatic heterocycles. The van der Waals surface area contributed by atoms with E-state index in [4.69, 9.17) is 4.74 Å². The van der Waals surface area contributed by atoms with Gasteiger partial charge in [0.2, 0.25) is 0 Å². The molecule has 0 spiro atoms. The van der Waals surface area contributed by atoms with Gasteiger partial charge in [0.05, 0.1) is 7.11 Å². The zero-order valence-electron chi connectivity index (χ0n) is 12.8. The summed E-state index contributed by atoms with van der Waals surface area (Å²) >= 11 is 0. The monoisotopic (exact) mass is 303 g/mol. The van der Waals surface area contributed by atoms with Crippen LogP contribution in [0, 0.1) is 0 Å². The van der Waals surface area contributed by atoms with Crippen LogP contribution in [-0.2, 0) is 0 Å². The van der Waals surface area contributed by atoms with Gasteiger partial charge in [-0.1, -0.05) is 71.9 Å². The van der Waals surface area contributed by atoms with E-state index in [1.54, 1.807) is 7.11 Å². The number of methoxy groups -OCH3 is 1. The Kier molecular flexibility index (Phi) is 4.39. The summed E-state index contributed by atoms with van der Waals surface area (Å²) in [5.74, 6) is 0.674. The van der Waals surface area contributed by atoms with Crippen molar-refractivity contribution in [3.63, 3.8) is 0 Å². The molecule has 3 aromatic carbocycles. The van der Waals surface area contributed by atoms with Crippen molar-refractivity contribution in [1.82, 2.24) is 0 Å². The molecular weight excluding hydrogens is 286 g/mol. The molecule has 3 aromatic rings. The van der Waals surface area contributed by atoms with Crippen molar-refractivity contribution in [3.05, 3.63) is 90.0 Å². The lowest BCUT2D eigenvalue weighted by Gasteiger charge is -2.10. The number of rotatable bonds is 4. The molecule has 0 aliphatic heterocycles. The summed E-state index contributed by atoms with van der Waals surface area (Å²) in [6.07, 6.45) is 0. The van der Waals surface area contributed by atoms with Crippen LogP contribution < -0.4 is 4.74 Å². The van der Waals surface area contributed by atoms with Crippen LogP contribution in [0.1, 0.15) is 11.1 Å². The highest BCUT2D eigenvalue weighted by Gasteiger charge is 2.12. The molecule has 0 aliphatic carbocycles. The van der Waals surface area contributed by atoms with Crippen LogP contribution in [0.3, 0.4) is 0 Å². The molecule has 0 unspecified atom stereocenters. The Morgan fingerprint density at radius 2 is 1.39 bits per heavy atom. The lowest BCUT2D eigenvalue weighted by molar-refractivity contribution is 0.319. The molecule has 3 rings (SSSR count). The van der Waals surface area contributed by atoms with Gasteiger partial charge in [0, 0.05) is 11.1 Å². The summed E-state index contributed by atoms with van der Waals surface area (Å²) in [5.41, 5.74) is 4.34. The van der Waals surface area contributed by atoms with Gasteiger partial charge in [0.15, 0.2) is 0 Å². The minimum Gasteiger partial charge on any atom is -0.496 e. The standard InChI is InChI=1S/C20H17NO2/c1-23-19-10-6-5-9-18(19)20(21-22)17-13-11-16(12-14-17)15-7-3-2-4-8-15/h2-14,22H,1H3. The number of nitrogens with zero attached hydrogens (tertiary/aromatic N) is 1. The summed E-state index contributed by atoms with van der Waals surface area (Å²) in [7, 11) is 1.60. The van der Waals surface area contributed by atoms with Gasteiger partial charge in [0.1, 0.15) is 11.5 Å². The van der Waals surface area contributed by atoms with Gasteiger partial charge >= 0.3 is 0 Å². The molecule has 3 heteroatoms. The van der Waals surface area contributed by atoms with E-state index < -0.39 is 0 Å². The highest BCUT2D eigenvalue weighted by atomic mass is 16.5. The van der Waals surface area contributed by atoms with E-state index in [1.165, 1.54) is 0 Å². The first kappa shape index (κ1) is 14.9. The predicted molar refractivity (Wildman–Crippen MR) is 92.3 cm³/mol. The first-order chi connectivity index (χ1) is 11.3. The van der Waals surface area contributed by atoms with Crippen molar-refractivity contribution < 1.29 is 9.94 Å². The Morgan fingerprint density at radius 3 is 2.04 bits per heavy atom. The SMILES string of the molecule is COc1ccccc1C(=NO)c1ccc(-c2ccccc2)cc1. The number of hydrogen-bond donors (Lipinski definition) is 1. The van der Waals surface area contributed by atoms with Gasteiger partial charge in [-0.15, -0.1) is 0 Å². The van der Waals surface area contributed by atoms with Gasteiger partial charge in [-0.3, -0.25) is 0 Å². The molecule has 0 saturated heterocycles. The topological polar surface area (TPSA) is 41.8 Å². The molecule has 1 N–H and O–H groups in total. The van der Waals surface area contributed by atoms with E-state index in [1.807, 2.05) is 66.7 Å². The normalized spacial score (nSPS) is 11.3. The maximum absolute atomic E-state index is 9.47. The van der Waals surface area contributed by atoms with Gasteiger partial charge in [-0.25, -0.2) is 0 Å². The minimum absolute atomic E-state index is 0.488. The third kappa shape index (κ3) is 3.09. The summed E-state index contributed by atoms with van der Waals surface area (Å²) in [5, 5.41) is 12.9. The molecule has 0 atom stereocenters. The Labute approximate surface area is 135 Å². The Morgan fingerprint density at radius 1 is 0.783 bits per heavy atom. The first-order valence-corrected chi connectivity index (χ1v) is 7.35. The van der Waals surface area contributed by atoms with E-state index >= 15 is 0 Å². The molecule has 0 bridgehead atoms. The van der Waals surface area contributed by atoms with E-state index in [0.717, 1.165) is 22.3 Å². The molecule has 0 radical (unpaired) electrons. The molecular formula is C20H17NO2. The molecule has 0 amide bonds. The van der Waals surface area contributed by atoms with Crippen molar-refractivity contribution in [1.29, 1.82) is 0 Å².